The van der Waals surface area contributed by atoms with Gasteiger partial charge in [0.1, 0.15) is 18.2 Å². The molecule has 0 spiro atoms. The number of nitrogens with zero attached hydrogens (tertiary/aromatic N) is 1. The Morgan fingerprint density at radius 2 is 1.90 bits per heavy atom. The SMILES string of the molecule is O=[N+]([O-])c1ccc(OCc2cc(Br)ccc2F)cc1F. The van der Waals surface area contributed by atoms with E-state index >= 15 is 0 Å². The minimum absolute atomic E-state index is 0.0903. The summed E-state index contributed by atoms with van der Waals surface area (Å²) in [6.07, 6.45) is 0. The van der Waals surface area contributed by atoms with Crippen LogP contribution >= 0.6 is 15.9 Å². The lowest BCUT2D eigenvalue weighted by Gasteiger charge is -2.07. The zero-order valence-corrected chi connectivity index (χ0v) is 11.6. The van der Waals surface area contributed by atoms with Gasteiger partial charge in [0.25, 0.3) is 0 Å². The first-order valence-corrected chi connectivity index (χ1v) is 6.27. The van der Waals surface area contributed by atoms with E-state index in [4.69, 9.17) is 4.74 Å². The minimum Gasteiger partial charge on any atom is -0.489 e. The molecule has 0 amide bonds. The molecular weight excluding hydrogens is 336 g/mol. The van der Waals surface area contributed by atoms with E-state index in [-0.39, 0.29) is 17.9 Å². The maximum Gasteiger partial charge on any atom is 0.305 e. The topological polar surface area (TPSA) is 52.4 Å². The van der Waals surface area contributed by atoms with E-state index in [2.05, 4.69) is 15.9 Å². The van der Waals surface area contributed by atoms with Gasteiger partial charge in [0.2, 0.25) is 5.82 Å². The monoisotopic (exact) mass is 343 g/mol. The van der Waals surface area contributed by atoms with E-state index in [1.165, 1.54) is 18.2 Å². The number of halogens is 3. The Hall–Kier alpha value is -2.02. The average Bonchev–Trinajstić information content (AvgIpc) is 2.39. The van der Waals surface area contributed by atoms with Gasteiger partial charge in [0.05, 0.1) is 4.92 Å². The van der Waals surface area contributed by atoms with Crippen LogP contribution in [0.5, 0.6) is 5.75 Å². The van der Waals surface area contributed by atoms with Crippen LogP contribution in [0.15, 0.2) is 40.9 Å². The van der Waals surface area contributed by atoms with E-state index in [1.807, 2.05) is 0 Å². The normalized spacial score (nSPS) is 10.3. The molecule has 0 unspecified atom stereocenters. The summed E-state index contributed by atoms with van der Waals surface area (Å²) >= 11 is 3.20. The second-order valence-electron chi connectivity index (χ2n) is 3.89. The molecule has 0 saturated heterocycles. The molecule has 0 aliphatic carbocycles. The van der Waals surface area contributed by atoms with Crippen LogP contribution in [0.3, 0.4) is 0 Å². The fourth-order valence-electron chi connectivity index (χ4n) is 1.54. The maximum absolute atomic E-state index is 13.5. The molecule has 0 aliphatic rings. The van der Waals surface area contributed by atoms with E-state index in [9.17, 15) is 18.9 Å². The molecule has 0 atom stereocenters. The number of rotatable bonds is 4. The number of nitro groups is 1. The molecule has 4 nitrogen and oxygen atoms in total. The first kappa shape index (κ1) is 14.4. The van der Waals surface area contributed by atoms with Crippen LogP contribution in [-0.4, -0.2) is 4.92 Å². The van der Waals surface area contributed by atoms with Crippen molar-refractivity contribution in [2.75, 3.05) is 0 Å². The van der Waals surface area contributed by atoms with Crippen molar-refractivity contribution >= 4 is 21.6 Å². The molecule has 0 radical (unpaired) electrons. The molecule has 20 heavy (non-hydrogen) atoms. The molecule has 0 aliphatic heterocycles. The highest BCUT2D eigenvalue weighted by molar-refractivity contribution is 9.10. The van der Waals surface area contributed by atoms with Gasteiger partial charge in [0, 0.05) is 22.2 Å². The lowest BCUT2D eigenvalue weighted by molar-refractivity contribution is -0.387. The third kappa shape index (κ3) is 3.30. The smallest absolute Gasteiger partial charge is 0.305 e. The highest BCUT2D eigenvalue weighted by Crippen LogP contribution is 2.24. The Morgan fingerprint density at radius 1 is 1.15 bits per heavy atom. The fourth-order valence-corrected chi connectivity index (χ4v) is 1.95. The number of benzene rings is 2. The number of hydrogen-bond donors (Lipinski definition) is 0. The highest BCUT2D eigenvalue weighted by atomic mass is 79.9. The average molecular weight is 344 g/mol. The summed E-state index contributed by atoms with van der Waals surface area (Å²) in [7, 11) is 0. The molecule has 2 aromatic carbocycles. The van der Waals surface area contributed by atoms with E-state index in [1.54, 1.807) is 6.07 Å². The molecule has 2 aromatic rings. The van der Waals surface area contributed by atoms with Crippen molar-refractivity contribution in [1.29, 1.82) is 0 Å². The molecule has 7 heteroatoms. The van der Waals surface area contributed by atoms with Crippen molar-refractivity contribution in [2.24, 2.45) is 0 Å². The van der Waals surface area contributed by atoms with Crippen LogP contribution in [0.25, 0.3) is 0 Å². The van der Waals surface area contributed by atoms with E-state index < -0.39 is 22.2 Å². The van der Waals surface area contributed by atoms with Gasteiger partial charge in [-0.05, 0) is 24.3 Å². The summed E-state index contributed by atoms with van der Waals surface area (Å²) in [5, 5.41) is 10.5. The first-order chi connectivity index (χ1) is 9.47. The molecule has 0 aromatic heterocycles. The van der Waals surface area contributed by atoms with Crippen LogP contribution < -0.4 is 4.74 Å². The lowest BCUT2D eigenvalue weighted by Crippen LogP contribution is -2.00. The van der Waals surface area contributed by atoms with Crippen molar-refractivity contribution < 1.29 is 18.4 Å². The molecule has 0 heterocycles. The quantitative estimate of drug-likeness (QED) is 0.617. The highest BCUT2D eigenvalue weighted by Gasteiger charge is 2.14. The second-order valence-corrected chi connectivity index (χ2v) is 4.81. The van der Waals surface area contributed by atoms with Crippen molar-refractivity contribution in [3.63, 3.8) is 0 Å². The fraction of sp³-hybridized carbons (Fsp3) is 0.0769. The number of ether oxygens (including phenoxy) is 1. The third-order valence-electron chi connectivity index (χ3n) is 2.52. The first-order valence-electron chi connectivity index (χ1n) is 5.48. The van der Waals surface area contributed by atoms with E-state index in [0.717, 1.165) is 12.1 Å². The summed E-state index contributed by atoms with van der Waals surface area (Å²) in [5.74, 6) is -1.36. The summed E-state index contributed by atoms with van der Waals surface area (Å²) in [4.78, 5) is 9.64. The van der Waals surface area contributed by atoms with Crippen LogP contribution in [0.4, 0.5) is 14.5 Å². The second kappa shape index (κ2) is 5.96. The molecule has 0 saturated carbocycles. The largest absolute Gasteiger partial charge is 0.489 e. The zero-order chi connectivity index (χ0) is 14.7. The summed E-state index contributed by atoms with van der Waals surface area (Å²) in [5.41, 5.74) is -0.343. The maximum atomic E-state index is 13.5. The van der Waals surface area contributed by atoms with E-state index in [0.29, 0.717) is 4.47 Å². The lowest BCUT2D eigenvalue weighted by atomic mass is 10.2. The third-order valence-corrected chi connectivity index (χ3v) is 3.01. The molecule has 2 rings (SSSR count). The van der Waals surface area contributed by atoms with Crippen molar-refractivity contribution in [3.05, 3.63) is 68.2 Å². The standard InChI is InChI=1S/C13H8BrF2NO3/c14-9-1-3-11(15)8(5-9)7-20-10-2-4-13(17(18)19)12(16)6-10/h1-6H,7H2. The number of nitro benzene ring substituents is 1. The minimum atomic E-state index is -0.998. The van der Waals surface area contributed by atoms with Crippen molar-refractivity contribution in [3.8, 4) is 5.75 Å². The predicted molar refractivity (Wildman–Crippen MR) is 71.5 cm³/mol. The summed E-state index contributed by atoms with van der Waals surface area (Å²) in [6.45, 7) is -0.109. The van der Waals surface area contributed by atoms with Crippen LogP contribution in [0.1, 0.15) is 5.56 Å². The Morgan fingerprint density at radius 3 is 2.55 bits per heavy atom. The van der Waals surface area contributed by atoms with Gasteiger partial charge in [-0.2, -0.15) is 4.39 Å². The molecule has 104 valence electrons. The van der Waals surface area contributed by atoms with Crippen LogP contribution in [0.2, 0.25) is 0 Å². The predicted octanol–water partition coefficient (Wildman–Crippen LogP) is 4.21. The molecule has 0 N–H and O–H groups in total. The Bertz CT molecular complexity index is 664. The summed E-state index contributed by atoms with van der Waals surface area (Å²) in [6, 6.07) is 7.52. The summed E-state index contributed by atoms with van der Waals surface area (Å²) < 4.78 is 32.7. The number of hydrogen-bond acceptors (Lipinski definition) is 3. The molecular formula is C13H8BrF2NO3. The zero-order valence-electron chi connectivity index (χ0n) is 9.98. The van der Waals surface area contributed by atoms with Crippen molar-refractivity contribution in [1.82, 2.24) is 0 Å². The van der Waals surface area contributed by atoms with Gasteiger partial charge < -0.3 is 4.74 Å². The Labute approximate surface area is 121 Å². The van der Waals surface area contributed by atoms with Gasteiger partial charge in [-0.3, -0.25) is 10.1 Å². The van der Waals surface area contributed by atoms with Gasteiger partial charge in [-0.25, -0.2) is 4.39 Å². The van der Waals surface area contributed by atoms with Gasteiger partial charge >= 0.3 is 5.69 Å². The van der Waals surface area contributed by atoms with Crippen molar-refractivity contribution in [2.45, 2.75) is 6.61 Å². The van der Waals surface area contributed by atoms with Gasteiger partial charge in [-0.1, -0.05) is 15.9 Å². The van der Waals surface area contributed by atoms with Gasteiger partial charge in [-0.15, -0.1) is 0 Å². The molecule has 0 fully saturated rings. The van der Waals surface area contributed by atoms with Crippen LogP contribution in [-0.2, 0) is 6.61 Å². The Kier molecular flexibility index (Phi) is 4.29. The molecule has 0 bridgehead atoms. The Balaban J connectivity index is 2.13. The van der Waals surface area contributed by atoms with Crippen LogP contribution in [0, 0.1) is 21.7 Å². The van der Waals surface area contributed by atoms with Gasteiger partial charge in [0.15, 0.2) is 0 Å².